The van der Waals surface area contributed by atoms with Crippen LogP contribution in [-0.2, 0) is 23.7 Å². The lowest BCUT2D eigenvalue weighted by Crippen LogP contribution is -2.43. The van der Waals surface area contributed by atoms with Crippen molar-refractivity contribution in [3.05, 3.63) is 303 Å². The van der Waals surface area contributed by atoms with Gasteiger partial charge in [-0.25, -0.2) is 0 Å². The summed E-state index contributed by atoms with van der Waals surface area (Å²) in [5.41, 5.74) is 27.7. The quantitative estimate of drug-likeness (QED) is 0.151. The molecule has 0 fully saturated rings. The Balaban J connectivity index is 1.02. The summed E-state index contributed by atoms with van der Waals surface area (Å²) in [4.78, 5) is 0. The zero-order chi connectivity index (χ0) is 49.3. The third-order valence-corrected chi connectivity index (χ3v) is 17.5. The SMILES string of the molecule is CCCc1c(C/C(C)=C(/C)c2ccccc2)n(-c2cccc3c2-c2ccccc2C32c3ccccc3C3(c4ccccc4-c4c(-n5c6ccccc6c6ccccc65)cccc43)c3ccccc32)c2ccccc12. The van der Waals surface area contributed by atoms with E-state index in [1.54, 1.807) is 0 Å². The molecule has 0 saturated carbocycles. The first-order valence-electron chi connectivity index (χ1n) is 26.5. The second-order valence-electron chi connectivity index (χ2n) is 20.9. The Bertz CT molecular complexity index is 4220. The minimum absolute atomic E-state index is 0.603. The lowest BCUT2D eigenvalue weighted by atomic mass is 9.52. The summed E-state index contributed by atoms with van der Waals surface area (Å²) in [5, 5.41) is 3.89. The lowest BCUT2D eigenvalue weighted by molar-refractivity contribution is 0.632. The molecular formula is C72H54N2. The van der Waals surface area contributed by atoms with Crippen LogP contribution in [0, 0.1) is 0 Å². The van der Waals surface area contributed by atoms with Crippen molar-refractivity contribution in [2.24, 2.45) is 0 Å². The average molecular weight is 947 g/mol. The number of aryl methyl sites for hydroxylation is 1. The number of hydrogen-bond acceptors (Lipinski definition) is 0. The number of rotatable bonds is 7. The molecule has 2 spiro atoms. The van der Waals surface area contributed by atoms with Crippen LogP contribution >= 0.6 is 0 Å². The van der Waals surface area contributed by atoms with Gasteiger partial charge in [-0.1, -0.05) is 225 Å². The van der Waals surface area contributed by atoms with Gasteiger partial charge >= 0.3 is 0 Å². The highest BCUT2D eigenvalue weighted by Crippen LogP contribution is 2.68. The average Bonchev–Trinajstić information content (AvgIpc) is 4.17. The zero-order valence-electron chi connectivity index (χ0n) is 42.0. The molecule has 0 unspecified atom stereocenters. The zero-order valence-corrected chi connectivity index (χ0v) is 42.0. The molecule has 0 N–H and O–H groups in total. The summed E-state index contributed by atoms with van der Waals surface area (Å²) in [7, 11) is 0. The Labute approximate surface area is 433 Å². The van der Waals surface area contributed by atoms with Gasteiger partial charge in [-0.05, 0) is 123 Å². The molecule has 0 amide bonds. The largest absolute Gasteiger partial charge is 0.312 e. The van der Waals surface area contributed by atoms with Crippen molar-refractivity contribution in [1.82, 2.24) is 9.13 Å². The number of hydrogen-bond donors (Lipinski definition) is 0. The predicted octanol–water partition coefficient (Wildman–Crippen LogP) is 17.8. The van der Waals surface area contributed by atoms with Crippen LogP contribution in [0.5, 0.6) is 0 Å². The summed E-state index contributed by atoms with van der Waals surface area (Å²) in [6, 6.07) is 90.0. The maximum absolute atomic E-state index is 2.67. The molecule has 2 nitrogen and oxygen atoms in total. The Hall–Kier alpha value is -8.72. The molecule has 10 aromatic carbocycles. The van der Waals surface area contributed by atoms with E-state index in [0.29, 0.717) is 0 Å². The van der Waals surface area contributed by atoms with Crippen molar-refractivity contribution < 1.29 is 0 Å². The highest BCUT2D eigenvalue weighted by atomic mass is 15.0. The number of allylic oxidation sites excluding steroid dienone is 2. The van der Waals surface area contributed by atoms with E-state index in [0.717, 1.165) is 19.3 Å². The number of aromatic nitrogens is 2. The predicted molar refractivity (Wildman–Crippen MR) is 308 cm³/mol. The van der Waals surface area contributed by atoms with Crippen molar-refractivity contribution in [2.45, 2.75) is 50.9 Å². The van der Waals surface area contributed by atoms with Gasteiger partial charge in [0.25, 0.3) is 0 Å². The molecule has 2 heteroatoms. The second-order valence-corrected chi connectivity index (χ2v) is 20.9. The van der Waals surface area contributed by atoms with Gasteiger partial charge < -0.3 is 9.13 Å². The van der Waals surface area contributed by atoms with E-state index in [2.05, 4.69) is 266 Å². The number of para-hydroxylation sites is 3. The Kier molecular flexibility index (Phi) is 9.36. The van der Waals surface area contributed by atoms with Crippen molar-refractivity contribution in [3.8, 4) is 33.6 Å². The second kappa shape index (κ2) is 16.1. The molecule has 0 bridgehead atoms. The molecule has 0 aliphatic heterocycles. The fraction of sp³-hybridized carbons (Fsp3) is 0.111. The van der Waals surface area contributed by atoms with Crippen LogP contribution in [0.15, 0.2) is 242 Å². The van der Waals surface area contributed by atoms with E-state index in [1.807, 2.05) is 0 Å². The molecular weight excluding hydrogens is 893 g/mol. The van der Waals surface area contributed by atoms with E-state index in [1.165, 1.54) is 139 Å². The van der Waals surface area contributed by atoms with Gasteiger partial charge in [-0.3, -0.25) is 0 Å². The van der Waals surface area contributed by atoms with Gasteiger partial charge in [-0.15, -0.1) is 0 Å². The number of benzene rings is 10. The summed E-state index contributed by atoms with van der Waals surface area (Å²) in [5.74, 6) is 0. The third-order valence-electron chi connectivity index (χ3n) is 17.5. The summed E-state index contributed by atoms with van der Waals surface area (Å²) < 4.78 is 5.19. The minimum atomic E-state index is -0.613. The maximum Gasteiger partial charge on any atom is 0.0720 e. The Morgan fingerprint density at radius 1 is 0.365 bits per heavy atom. The lowest BCUT2D eigenvalue weighted by Gasteiger charge is -2.48. The molecule has 12 aromatic rings. The summed E-state index contributed by atoms with van der Waals surface area (Å²) in [6.45, 7) is 6.97. The van der Waals surface area contributed by atoms with Gasteiger partial charge in [0.05, 0.1) is 38.8 Å². The van der Waals surface area contributed by atoms with Crippen LogP contribution in [-0.4, -0.2) is 9.13 Å². The molecule has 2 aromatic heterocycles. The van der Waals surface area contributed by atoms with Gasteiger partial charge in [0, 0.05) is 39.4 Å². The van der Waals surface area contributed by atoms with Gasteiger partial charge in [0.1, 0.15) is 0 Å². The van der Waals surface area contributed by atoms with Crippen LogP contribution in [0.2, 0.25) is 0 Å². The van der Waals surface area contributed by atoms with Crippen LogP contribution in [0.4, 0.5) is 0 Å². The topological polar surface area (TPSA) is 9.86 Å². The van der Waals surface area contributed by atoms with Gasteiger partial charge in [0.15, 0.2) is 0 Å². The van der Waals surface area contributed by atoms with E-state index in [4.69, 9.17) is 0 Å². The first kappa shape index (κ1) is 42.9. The van der Waals surface area contributed by atoms with Gasteiger partial charge in [0.2, 0.25) is 0 Å². The summed E-state index contributed by atoms with van der Waals surface area (Å²) in [6.07, 6.45) is 2.94. The fourth-order valence-electron chi connectivity index (χ4n) is 14.6. The highest BCUT2D eigenvalue weighted by Gasteiger charge is 2.59. The van der Waals surface area contributed by atoms with Gasteiger partial charge in [-0.2, -0.15) is 0 Å². The molecule has 15 rings (SSSR count). The molecule has 0 atom stereocenters. The molecule has 2 heterocycles. The van der Waals surface area contributed by atoms with Crippen molar-refractivity contribution in [1.29, 1.82) is 0 Å². The van der Waals surface area contributed by atoms with Crippen LogP contribution < -0.4 is 0 Å². The highest BCUT2D eigenvalue weighted by molar-refractivity contribution is 6.10. The Morgan fingerprint density at radius 3 is 1.26 bits per heavy atom. The van der Waals surface area contributed by atoms with Crippen LogP contribution in [0.3, 0.4) is 0 Å². The molecule has 3 aliphatic rings. The van der Waals surface area contributed by atoms with Crippen molar-refractivity contribution in [2.75, 3.05) is 0 Å². The monoisotopic (exact) mass is 946 g/mol. The first-order valence-corrected chi connectivity index (χ1v) is 26.5. The fourth-order valence-corrected chi connectivity index (χ4v) is 14.6. The Morgan fingerprint density at radius 2 is 0.757 bits per heavy atom. The van der Waals surface area contributed by atoms with E-state index in [9.17, 15) is 0 Å². The molecule has 74 heavy (non-hydrogen) atoms. The summed E-state index contributed by atoms with van der Waals surface area (Å²) >= 11 is 0. The molecule has 0 radical (unpaired) electrons. The molecule has 0 saturated heterocycles. The van der Waals surface area contributed by atoms with E-state index >= 15 is 0 Å². The smallest absolute Gasteiger partial charge is 0.0720 e. The maximum atomic E-state index is 2.67. The molecule has 3 aliphatic carbocycles. The van der Waals surface area contributed by atoms with Crippen LogP contribution in [0.25, 0.3) is 71.9 Å². The normalized spacial score (nSPS) is 17.1. The van der Waals surface area contributed by atoms with Crippen molar-refractivity contribution >= 4 is 38.3 Å². The third kappa shape index (κ3) is 5.50. The number of fused-ring (bicyclic) bond motifs is 20. The van der Waals surface area contributed by atoms with E-state index in [-0.39, 0.29) is 0 Å². The van der Waals surface area contributed by atoms with E-state index < -0.39 is 10.8 Å². The van der Waals surface area contributed by atoms with Crippen LogP contribution in [0.1, 0.15) is 88.5 Å². The first-order chi connectivity index (χ1) is 36.6. The molecule has 352 valence electrons. The standard InChI is InChI=1S/C72H54N2/c1-4-24-49-50-27-10-21-42-65(50)74(68(49)45-46(2)47(3)48-25-6-5-7-26-48)67-44-23-39-62-70(67)54-31-9-14-33-56(54)72(62)59-36-17-15-34-57(59)71(58-35-16-18-37-60(58)72)55-32-13-8-30-53(55)69-61(71)38-22-43-66(69)73-63-40-19-11-28-51(63)52-29-12-20-41-64(52)73/h5-23,25-44H,4,24,45H2,1-3H3/b47-46-. The minimum Gasteiger partial charge on any atom is -0.312 e. The van der Waals surface area contributed by atoms with Crippen molar-refractivity contribution in [3.63, 3.8) is 0 Å². The number of nitrogens with zero attached hydrogens (tertiary/aromatic N) is 2.